The minimum atomic E-state index is -0.583. The maximum Gasteiger partial charge on any atom is 0.120 e. The molecule has 0 bridgehead atoms. The lowest BCUT2D eigenvalue weighted by atomic mass is 9.86. The van der Waals surface area contributed by atoms with Crippen LogP contribution in [0.15, 0.2) is 0 Å². The zero-order valence-electron chi connectivity index (χ0n) is 4.19. The van der Waals surface area contributed by atoms with Gasteiger partial charge in [-0.05, 0) is 12.8 Å². The first-order valence-electron chi connectivity index (χ1n) is 2.41. The zero-order chi connectivity index (χ0) is 6.20. The molecule has 1 aliphatic carbocycles. The fraction of sp³-hybridized carbons (Fsp3) is 0.800. The lowest BCUT2D eigenvalue weighted by Crippen LogP contribution is -2.31. The van der Waals surface area contributed by atoms with Crippen LogP contribution in [-0.2, 0) is 0 Å². The Bertz CT molecular complexity index is 128. The highest BCUT2D eigenvalue weighted by Crippen LogP contribution is 2.45. The normalized spacial score (nSPS) is 26.1. The van der Waals surface area contributed by atoms with Crippen LogP contribution in [0.25, 0.3) is 0 Å². The van der Waals surface area contributed by atoms with Gasteiger partial charge in [0.1, 0.15) is 4.33 Å². The van der Waals surface area contributed by atoms with Crippen LogP contribution in [0.4, 0.5) is 0 Å². The van der Waals surface area contributed by atoms with Crippen LogP contribution >= 0.6 is 23.2 Å². The van der Waals surface area contributed by atoms with Crippen molar-refractivity contribution in [2.45, 2.75) is 17.2 Å². The van der Waals surface area contributed by atoms with Crippen molar-refractivity contribution in [3.63, 3.8) is 0 Å². The molecule has 0 unspecified atom stereocenters. The minimum absolute atomic E-state index is 0.102. The van der Waals surface area contributed by atoms with E-state index in [4.69, 9.17) is 28.5 Å². The van der Waals surface area contributed by atoms with E-state index in [1.165, 1.54) is 0 Å². The molecule has 1 nitrogen and oxygen atoms in total. The highest BCUT2D eigenvalue weighted by molar-refractivity contribution is 6.49. The van der Waals surface area contributed by atoms with Crippen LogP contribution in [0.1, 0.15) is 12.8 Å². The Labute approximate surface area is 58.2 Å². The van der Waals surface area contributed by atoms with Gasteiger partial charge < -0.3 is 0 Å². The molecular formula is C5H5Cl2N. The van der Waals surface area contributed by atoms with Crippen LogP contribution in [-0.4, -0.2) is 4.33 Å². The Morgan fingerprint density at radius 3 is 2.12 bits per heavy atom. The van der Waals surface area contributed by atoms with Gasteiger partial charge in [-0.15, -0.1) is 23.2 Å². The van der Waals surface area contributed by atoms with Crippen molar-refractivity contribution in [3.8, 4) is 6.07 Å². The van der Waals surface area contributed by atoms with E-state index in [0.29, 0.717) is 12.8 Å². The molecule has 0 aromatic rings. The third kappa shape index (κ3) is 1.07. The monoisotopic (exact) mass is 149 g/mol. The van der Waals surface area contributed by atoms with Crippen molar-refractivity contribution in [2.24, 2.45) is 5.92 Å². The van der Waals surface area contributed by atoms with Gasteiger partial charge in [0.2, 0.25) is 0 Å². The Kier molecular flexibility index (Phi) is 1.38. The lowest BCUT2D eigenvalue weighted by molar-refractivity contribution is 0.368. The van der Waals surface area contributed by atoms with Crippen molar-refractivity contribution in [3.05, 3.63) is 0 Å². The van der Waals surface area contributed by atoms with Crippen LogP contribution < -0.4 is 0 Å². The predicted molar refractivity (Wildman–Crippen MR) is 32.8 cm³/mol. The molecular weight excluding hydrogens is 145 g/mol. The molecule has 44 valence electrons. The largest absolute Gasteiger partial charge is 0.198 e. The minimum Gasteiger partial charge on any atom is -0.198 e. The first-order chi connectivity index (χ1) is 3.64. The molecule has 0 atom stereocenters. The second kappa shape index (κ2) is 1.79. The Hall–Kier alpha value is 0.0700. The summed E-state index contributed by atoms with van der Waals surface area (Å²) in [6, 6.07) is 2.09. The Morgan fingerprint density at radius 2 is 2.00 bits per heavy atom. The van der Waals surface area contributed by atoms with Crippen molar-refractivity contribution in [1.82, 2.24) is 0 Å². The SMILES string of the molecule is N#CC1CC(Cl)(Cl)C1. The quantitative estimate of drug-likeness (QED) is 0.485. The molecule has 3 heteroatoms. The molecule has 0 aromatic heterocycles. The summed E-state index contributed by atoms with van der Waals surface area (Å²) >= 11 is 11.2. The molecule has 1 fully saturated rings. The fourth-order valence-corrected chi connectivity index (χ4v) is 1.50. The van der Waals surface area contributed by atoms with Crippen LogP contribution in [0.5, 0.6) is 0 Å². The van der Waals surface area contributed by atoms with E-state index in [2.05, 4.69) is 6.07 Å². The molecule has 0 amide bonds. The number of nitriles is 1. The van der Waals surface area contributed by atoms with Crippen molar-refractivity contribution < 1.29 is 0 Å². The summed E-state index contributed by atoms with van der Waals surface area (Å²) in [6.45, 7) is 0. The summed E-state index contributed by atoms with van der Waals surface area (Å²) in [4.78, 5) is 0. The highest BCUT2D eigenvalue weighted by Gasteiger charge is 2.40. The third-order valence-corrected chi connectivity index (χ3v) is 1.89. The molecule has 0 heterocycles. The number of hydrogen-bond donors (Lipinski definition) is 0. The molecule has 1 rings (SSSR count). The molecule has 8 heavy (non-hydrogen) atoms. The standard InChI is InChI=1S/C5H5Cl2N/c6-5(7)1-4(2-5)3-8/h4H,1-2H2. The summed E-state index contributed by atoms with van der Waals surface area (Å²) in [5.41, 5.74) is 0. The summed E-state index contributed by atoms with van der Waals surface area (Å²) in [7, 11) is 0. The second-order valence-corrected chi connectivity index (χ2v) is 3.73. The van der Waals surface area contributed by atoms with E-state index in [9.17, 15) is 0 Å². The molecule has 1 aliphatic rings. The van der Waals surface area contributed by atoms with E-state index < -0.39 is 4.33 Å². The van der Waals surface area contributed by atoms with Gasteiger partial charge >= 0.3 is 0 Å². The van der Waals surface area contributed by atoms with Gasteiger partial charge in [0.15, 0.2) is 0 Å². The Balaban J connectivity index is 2.34. The van der Waals surface area contributed by atoms with Gasteiger partial charge in [-0.3, -0.25) is 0 Å². The van der Waals surface area contributed by atoms with E-state index in [1.807, 2.05) is 0 Å². The van der Waals surface area contributed by atoms with E-state index >= 15 is 0 Å². The number of rotatable bonds is 0. The highest BCUT2D eigenvalue weighted by atomic mass is 35.5. The molecule has 0 aromatic carbocycles. The maximum absolute atomic E-state index is 8.25. The maximum atomic E-state index is 8.25. The first-order valence-corrected chi connectivity index (χ1v) is 3.17. The molecule has 1 saturated carbocycles. The average Bonchev–Trinajstić information content (AvgIpc) is 1.60. The number of alkyl halides is 2. The van der Waals surface area contributed by atoms with E-state index in [-0.39, 0.29) is 5.92 Å². The first kappa shape index (κ1) is 6.19. The van der Waals surface area contributed by atoms with Gasteiger partial charge in [-0.25, -0.2) is 0 Å². The summed E-state index contributed by atoms with van der Waals surface area (Å²) < 4.78 is -0.583. The number of nitrogens with zero attached hydrogens (tertiary/aromatic N) is 1. The predicted octanol–water partition coefficient (Wildman–Crippen LogP) is 2.09. The van der Waals surface area contributed by atoms with Gasteiger partial charge in [-0.1, -0.05) is 0 Å². The summed E-state index contributed by atoms with van der Waals surface area (Å²) in [5.74, 6) is 0.102. The van der Waals surface area contributed by atoms with Crippen molar-refractivity contribution >= 4 is 23.2 Å². The summed E-state index contributed by atoms with van der Waals surface area (Å²) in [6.07, 6.45) is 1.26. The molecule has 0 radical (unpaired) electrons. The zero-order valence-corrected chi connectivity index (χ0v) is 5.71. The fourth-order valence-electron chi connectivity index (χ4n) is 0.752. The average molecular weight is 150 g/mol. The van der Waals surface area contributed by atoms with Gasteiger partial charge in [0, 0.05) is 0 Å². The second-order valence-electron chi connectivity index (χ2n) is 2.09. The van der Waals surface area contributed by atoms with Crippen LogP contribution in [0, 0.1) is 17.2 Å². The lowest BCUT2D eigenvalue weighted by Gasteiger charge is -2.33. The van der Waals surface area contributed by atoms with Gasteiger partial charge in [0.25, 0.3) is 0 Å². The van der Waals surface area contributed by atoms with Crippen molar-refractivity contribution in [2.75, 3.05) is 0 Å². The molecule has 0 saturated heterocycles. The van der Waals surface area contributed by atoms with Crippen LogP contribution in [0.3, 0.4) is 0 Å². The topological polar surface area (TPSA) is 23.8 Å². The molecule has 0 N–H and O–H groups in total. The Morgan fingerprint density at radius 1 is 1.50 bits per heavy atom. The smallest absolute Gasteiger partial charge is 0.120 e. The van der Waals surface area contributed by atoms with Gasteiger partial charge in [-0.2, -0.15) is 5.26 Å². The van der Waals surface area contributed by atoms with E-state index in [0.717, 1.165) is 0 Å². The third-order valence-electron chi connectivity index (χ3n) is 1.27. The molecule has 0 spiro atoms. The van der Waals surface area contributed by atoms with E-state index in [1.54, 1.807) is 0 Å². The molecule has 0 aliphatic heterocycles. The van der Waals surface area contributed by atoms with Crippen molar-refractivity contribution in [1.29, 1.82) is 5.26 Å². The number of hydrogen-bond acceptors (Lipinski definition) is 1. The summed E-state index contributed by atoms with van der Waals surface area (Å²) in [5, 5.41) is 8.25. The number of halogens is 2. The van der Waals surface area contributed by atoms with Crippen LogP contribution in [0.2, 0.25) is 0 Å². The van der Waals surface area contributed by atoms with Gasteiger partial charge in [0.05, 0.1) is 12.0 Å².